The molecule has 11 nitrogen and oxygen atoms in total. The van der Waals surface area contributed by atoms with Gasteiger partial charge in [0.05, 0.1) is 19.6 Å². The van der Waals surface area contributed by atoms with E-state index in [9.17, 15) is 34.8 Å². The van der Waals surface area contributed by atoms with E-state index in [1.54, 1.807) is 20.8 Å². The van der Waals surface area contributed by atoms with Gasteiger partial charge in [0.1, 0.15) is 5.75 Å². The minimum atomic E-state index is -0.985. The Morgan fingerprint density at radius 3 is 1.39 bits per heavy atom. The van der Waals surface area contributed by atoms with Crippen molar-refractivity contribution in [3.8, 4) is 5.75 Å². The molecule has 2 rings (SSSR count). The SMILES string of the molecule is Cc1ccc(CN2CCN(CC(=O)O)CCN(CC(=O)O)CCN(CC(=O)O)CC2)c(O)c1. The predicted octanol–water partition coefficient (Wildman–Crippen LogP) is -0.324. The second-order valence-electron chi connectivity index (χ2n) is 8.42. The van der Waals surface area contributed by atoms with Crippen LogP contribution in [0, 0.1) is 6.92 Å². The summed E-state index contributed by atoms with van der Waals surface area (Å²) in [5.74, 6) is -2.71. The first kappa shape index (κ1) is 26.5. The smallest absolute Gasteiger partial charge is 0.317 e. The molecule has 0 aliphatic carbocycles. The number of aliphatic carboxylic acids is 3. The topological polar surface area (TPSA) is 145 Å². The summed E-state index contributed by atoms with van der Waals surface area (Å²) in [5, 5.41) is 38.1. The number of carboxylic acid groups (broad SMARTS) is 3. The van der Waals surface area contributed by atoms with Crippen molar-refractivity contribution < 1.29 is 34.8 Å². The van der Waals surface area contributed by atoms with E-state index in [4.69, 9.17) is 0 Å². The van der Waals surface area contributed by atoms with Crippen LogP contribution in [0.3, 0.4) is 0 Å². The Balaban J connectivity index is 2.19. The Labute approximate surface area is 193 Å². The molecule has 1 aromatic carbocycles. The number of benzene rings is 1. The van der Waals surface area contributed by atoms with E-state index in [0.29, 0.717) is 58.9 Å². The van der Waals surface area contributed by atoms with Gasteiger partial charge in [-0.05, 0) is 18.6 Å². The Kier molecular flexibility index (Phi) is 10.5. The van der Waals surface area contributed by atoms with Crippen LogP contribution >= 0.6 is 0 Å². The van der Waals surface area contributed by atoms with Gasteiger partial charge in [-0.3, -0.25) is 34.0 Å². The standard InChI is InChI=1S/C22H34N4O7/c1-17-2-3-18(19(27)12-17)13-23-4-6-24(14-20(28)29)8-10-26(16-22(32)33)11-9-25(7-5-23)15-21(30)31/h2-3,12,27H,4-11,13-16H2,1H3,(H,28,29)(H,30,31)(H,32,33). The summed E-state index contributed by atoms with van der Waals surface area (Å²) in [6.07, 6.45) is 0. The highest BCUT2D eigenvalue weighted by atomic mass is 16.4. The van der Waals surface area contributed by atoms with Crippen LogP contribution in [-0.2, 0) is 20.9 Å². The Bertz CT molecular complexity index is 788. The summed E-state index contributed by atoms with van der Waals surface area (Å²) in [7, 11) is 0. The molecule has 1 aliphatic rings. The summed E-state index contributed by atoms with van der Waals surface area (Å²) in [4.78, 5) is 41.2. The highest BCUT2D eigenvalue weighted by molar-refractivity contribution is 5.69. The van der Waals surface area contributed by atoms with E-state index >= 15 is 0 Å². The number of carbonyl (C=O) groups is 3. The van der Waals surface area contributed by atoms with Gasteiger partial charge in [-0.2, -0.15) is 0 Å². The molecule has 0 aromatic heterocycles. The van der Waals surface area contributed by atoms with E-state index in [-0.39, 0.29) is 25.4 Å². The molecular weight excluding hydrogens is 432 g/mol. The van der Waals surface area contributed by atoms with E-state index in [2.05, 4.69) is 4.90 Å². The fraction of sp³-hybridized carbons (Fsp3) is 0.591. The highest BCUT2D eigenvalue weighted by Gasteiger charge is 2.20. The van der Waals surface area contributed by atoms with Crippen molar-refractivity contribution in [2.75, 3.05) is 72.0 Å². The van der Waals surface area contributed by atoms with Crippen molar-refractivity contribution in [3.63, 3.8) is 0 Å². The number of aromatic hydroxyl groups is 1. The zero-order chi connectivity index (χ0) is 24.4. The summed E-state index contributed by atoms with van der Waals surface area (Å²) in [5.41, 5.74) is 1.69. The monoisotopic (exact) mass is 466 g/mol. The molecule has 4 N–H and O–H groups in total. The lowest BCUT2D eigenvalue weighted by atomic mass is 10.1. The number of nitrogens with zero attached hydrogens (tertiary/aromatic N) is 4. The number of rotatable bonds is 8. The number of phenolic OH excluding ortho intramolecular Hbond substituents is 1. The van der Waals surface area contributed by atoms with Gasteiger partial charge in [-0.25, -0.2) is 0 Å². The third kappa shape index (κ3) is 10.2. The molecule has 1 aromatic rings. The van der Waals surface area contributed by atoms with Gasteiger partial charge in [0.15, 0.2) is 0 Å². The molecule has 11 heteroatoms. The molecule has 33 heavy (non-hydrogen) atoms. The predicted molar refractivity (Wildman–Crippen MR) is 120 cm³/mol. The molecule has 0 unspecified atom stereocenters. The molecular formula is C22H34N4O7. The minimum absolute atomic E-state index is 0.157. The maximum absolute atomic E-state index is 11.3. The lowest BCUT2D eigenvalue weighted by Crippen LogP contribution is -2.48. The summed E-state index contributed by atoms with van der Waals surface area (Å²) < 4.78 is 0. The fourth-order valence-electron chi connectivity index (χ4n) is 3.83. The molecule has 1 aliphatic heterocycles. The van der Waals surface area contributed by atoms with E-state index in [0.717, 1.165) is 11.1 Å². The van der Waals surface area contributed by atoms with Crippen LogP contribution in [0.1, 0.15) is 11.1 Å². The van der Waals surface area contributed by atoms with E-state index < -0.39 is 17.9 Å². The maximum atomic E-state index is 11.3. The number of phenols is 1. The Morgan fingerprint density at radius 1 is 0.697 bits per heavy atom. The maximum Gasteiger partial charge on any atom is 0.317 e. The first-order valence-electron chi connectivity index (χ1n) is 11.0. The largest absolute Gasteiger partial charge is 0.508 e. The number of aryl methyl sites for hydroxylation is 1. The molecule has 1 saturated heterocycles. The van der Waals surface area contributed by atoms with Crippen molar-refractivity contribution in [3.05, 3.63) is 29.3 Å². The first-order valence-corrected chi connectivity index (χ1v) is 11.0. The van der Waals surface area contributed by atoms with Crippen LogP contribution in [0.4, 0.5) is 0 Å². The van der Waals surface area contributed by atoms with E-state index in [1.165, 1.54) is 0 Å². The van der Waals surface area contributed by atoms with Crippen LogP contribution in [0.25, 0.3) is 0 Å². The third-order valence-corrected chi connectivity index (χ3v) is 5.64. The average molecular weight is 467 g/mol. The van der Waals surface area contributed by atoms with Gasteiger partial charge in [0, 0.05) is 64.5 Å². The number of carboxylic acids is 3. The molecule has 0 amide bonds. The molecule has 0 spiro atoms. The average Bonchev–Trinajstić information content (AvgIpc) is 2.70. The van der Waals surface area contributed by atoms with Crippen molar-refractivity contribution in [1.82, 2.24) is 19.6 Å². The van der Waals surface area contributed by atoms with Gasteiger partial charge in [0.2, 0.25) is 0 Å². The van der Waals surface area contributed by atoms with Gasteiger partial charge in [-0.1, -0.05) is 12.1 Å². The summed E-state index contributed by atoms with van der Waals surface area (Å²) in [6.45, 7) is 5.22. The molecule has 0 radical (unpaired) electrons. The third-order valence-electron chi connectivity index (χ3n) is 5.64. The minimum Gasteiger partial charge on any atom is -0.508 e. The fourth-order valence-corrected chi connectivity index (χ4v) is 3.83. The molecule has 184 valence electrons. The van der Waals surface area contributed by atoms with Gasteiger partial charge < -0.3 is 20.4 Å². The zero-order valence-corrected chi connectivity index (χ0v) is 19.0. The zero-order valence-electron chi connectivity index (χ0n) is 19.0. The normalized spacial score (nSPS) is 18.3. The lowest BCUT2D eigenvalue weighted by molar-refractivity contribution is -0.140. The number of hydrogen-bond donors (Lipinski definition) is 4. The molecule has 1 fully saturated rings. The molecule has 0 atom stereocenters. The van der Waals surface area contributed by atoms with Crippen LogP contribution in [0.2, 0.25) is 0 Å². The first-order chi connectivity index (χ1) is 15.6. The Morgan fingerprint density at radius 2 is 1.06 bits per heavy atom. The van der Waals surface area contributed by atoms with Crippen LogP contribution in [0.15, 0.2) is 18.2 Å². The second kappa shape index (κ2) is 13.1. The number of hydrogen-bond acceptors (Lipinski definition) is 8. The van der Waals surface area contributed by atoms with Crippen LogP contribution in [-0.4, -0.2) is 130 Å². The van der Waals surface area contributed by atoms with Crippen molar-refractivity contribution >= 4 is 17.9 Å². The second-order valence-corrected chi connectivity index (χ2v) is 8.42. The summed E-state index contributed by atoms with van der Waals surface area (Å²) >= 11 is 0. The molecule has 0 saturated carbocycles. The Hall–Kier alpha value is -2.73. The van der Waals surface area contributed by atoms with Crippen molar-refractivity contribution in [1.29, 1.82) is 0 Å². The van der Waals surface area contributed by atoms with Crippen molar-refractivity contribution in [2.24, 2.45) is 0 Å². The van der Waals surface area contributed by atoms with Gasteiger partial charge >= 0.3 is 17.9 Å². The van der Waals surface area contributed by atoms with E-state index in [1.807, 2.05) is 19.1 Å². The summed E-state index contributed by atoms with van der Waals surface area (Å²) in [6, 6.07) is 5.46. The van der Waals surface area contributed by atoms with Crippen LogP contribution < -0.4 is 0 Å². The van der Waals surface area contributed by atoms with Crippen molar-refractivity contribution in [2.45, 2.75) is 13.5 Å². The van der Waals surface area contributed by atoms with Gasteiger partial charge in [0.25, 0.3) is 0 Å². The quantitative estimate of drug-likeness (QED) is 0.400. The molecule has 1 heterocycles. The van der Waals surface area contributed by atoms with Crippen LogP contribution in [0.5, 0.6) is 5.75 Å². The lowest BCUT2D eigenvalue weighted by Gasteiger charge is -2.33. The van der Waals surface area contributed by atoms with Gasteiger partial charge in [-0.15, -0.1) is 0 Å². The highest BCUT2D eigenvalue weighted by Crippen LogP contribution is 2.20. The molecule has 0 bridgehead atoms.